The topological polar surface area (TPSA) is 21.3 Å². The molecule has 0 radical (unpaired) electrons. The average molecular weight is 269 g/mol. The molecule has 1 N–H and O–H groups in total. The third-order valence-corrected chi connectivity index (χ3v) is 3.22. The van der Waals surface area contributed by atoms with Gasteiger partial charge in [0.1, 0.15) is 12.4 Å². The zero-order chi connectivity index (χ0) is 14.0. The predicted octanol–water partition coefficient (Wildman–Crippen LogP) is 4.52. The van der Waals surface area contributed by atoms with Crippen LogP contribution in [0.4, 0.5) is 5.69 Å². The van der Waals surface area contributed by atoms with Gasteiger partial charge in [-0.1, -0.05) is 43.7 Å². The monoisotopic (exact) mass is 269 g/mol. The quantitative estimate of drug-likeness (QED) is 0.711. The molecule has 2 aromatic rings. The van der Waals surface area contributed by atoms with Gasteiger partial charge in [-0.25, -0.2) is 0 Å². The summed E-state index contributed by atoms with van der Waals surface area (Å²) >= 11 is 0. The van der Waals surface area contributed by atoms with Gasteiger partial charge in [0.15, 0.2) is 0 Å². The summed E-state index contributed by atoms with van der Waals surface area (Å²) in [6.45, 7) is 3.70. The Hall–Kier alpha value is -1.96. The maximum atomic E-state index is 5.64. The van der Waals surface area contributed by atoms with E-state index in [0.717, 1.165) is 18.0 Å². The zero-order valence-corrected chi connectivity index (χ0v) is 12.1. The first-order valence-electron chi connectivity index (χ1n) is 7.39. The zero-order valence-electron chi connectivity index (χ0n) is 12.1. The van der Waals surface area contributed by atoms with Crippen LogP contribution in [0.25, 0.3) is 0 Å². The van der Waals surface area contributed by atoms with Crippen LogP contribution in [0.1, 0.15) is 25.3 Å². The van der Waals surface area contributed by atoms with Crippen LogP contribution in [-0.2, 0) is 6.42 Å². The molecule has 2 nitrogen and oxygen atoms in total. The van der Waals surface area contributed by atoms with E-state index >= 15 is 0 Å². The molecule has 0 aliphatic carbocycles. The number of unbranched alkanes of at least 4 members (excludes halogenated alkanes) is 1. The number of nitrogens with one attached hydrogen (secondary N) is 1. The van der Waals surface area contributed by atoms with Crippen molar-refractivity contribution >= 4 is 5.69 Å². The maximum absolute atomic E-state index is 5.64. The SMILES string of the molecule is CCCCc1ccc(NCCOc2ccccc2)cc1. The summed E-state index contributed by atoms with van der Waals surface area (Å²) in [6, 6.07) is 18.6. The van der Waals surface area contributed by atoms with Gasteiger partial charge in [0, 0.05) is 12.2 Å². The molecule has 0 saturated carbocycles. The minimum atomic E-state index is 0.668. The smallest absolute Gasteiger partial charge is 0.119 e. The Morgan fingerprint density at radius 3 is 2.40 bits per heavy atom. The highest BCUT2D eigenvalue weighted by molar-refractivity contribution is 5.44. The molecule has 0 fully saturated rings. The van der Waals surface area contributed by atoms with Crippen molar-refractivity contribution in [2.45, 2.75) is 26.2 Å². The van der Waals surface area contributed by atoms with Gasteiger partial charge in [0.05, 0.1) is 0 Å². The van der Waals surface area contributed by atoms with Gasteiger partial charge in [0.25, 0.3) is 0 Å². The van der Waals surface area contributed by atoms with E-state index in [0.29, 0.717) is 6.61 Å². The normalized spacial score (nSPS) is 10.2. The maximum Gasteiger partial charge on any atom is 0.119 e. The average Bonchev–Trinajstić information content (AvgIpc) is 2.52. The van der Waals surface area contributed by atoms with Gasteiger partial charge in [-0.3, -0.25) is 0 Å². The molecule has 0 atom stereocenters. The van der Waals surface area contributed by atoms with Crippen LogP contribution in [0.2, 0.25) is 0 Å². The highest BCUT2D eigenvalue weighted by atomic mass is 16.5. The number of anilines is 1. The summed E-state index contributed by atoms with van der Waals surface area (Å²) < 4.78 is 5.64. The molecule has 0 aliphatic rings. The van der Waals surface area contributed by atoms with Crippen molar-refractivity contribution in [3.8, 4) is 5.75 Å². The molecule has 20 heavy (non-hydrogen) atoms. The summed E-state index contributed by atoms with van der Waals surface area (Å²) in [5.74, 6) is 0.921. The van der Waals surface area contributed by atoms with Crippen LogP contribution in [-0.4, -0.2) is 13.2 Å². The summed E-state index contributed by atoms with van der Waals surface area (Å²) in [5, 5.41) is 3.37. The largest absolute Gasteiger partial charge is 0.492 e. The molecule has 0 bridgehead atoms. The van der Waals surface area contributed by atoms with E-state index in [1.807, 2.05) is 30.3 Å². The molecule has 0 unspecified atom stereocenters. The van der Waals surface area contributed by atoms with E-state index in [1.165, 1.54) is 24.8 Å². The lowest BCUT2D eigenvalue weighted by Crippen LogP contribution is -2.11. The van der Waals surface area contributed by atoms with Crippen molar-refractivity contribution in [1.29, 1.82) is 0 Å². The molecule has 0 aromatic heterocycles. The lowest BCUT2D eigenvalue weighted by Gasteiger charge is -2.09. The molecule has 0 saturated heterocycles. The fourth-order valence-electron chi connectivity index (χ4n) is 2.05. The molecular formula is C18H23NO. The van der Waals surface area contributed by atoms with E-state index in [2.05, 4.69) is 36.5 Å². The van der Waals surface area contributed by atoms with Crippen LogP contribution < -0.4 is 10.1 Å². The highest BCUT2D eigenvalue weighted by Crippen LogP contribution is 2.12. The second-order valence-corrected chi connectivity index (χ2v) is 4.89. The number of rotatable bonds is 8. The van der Waals surface area contributed by atoms with Crippen LogP contribution in [0.5, 0.6) is 5.75 Å². The van der Waals surface area contributed by atoms with Crippen molar-refractivity contribution < 1.29 is 4.74 Å². The molecule has 106 valence electrons. The number of benzene rings is 2. The van der Waals surface area contributed by atoms with Crippen molar-refractivity contribution in [2.24, 2.45) is 0 Å². The Bertz CT molecular complexity index is 479. The summed E-state index contributed by atoms with van der Waals surface area (Å²) in [6.07, 6.45) is 3.68. The molecule has 0 aliphatic heterocycles. The van der Waals surface area contributed by atoms with Gasteiger partial charge in [0.2, 0.25) is 0 Å². The molecule has 2 aromatic carbocycles. The van der Waals surface area contributed by atoms with Gasteiger partial charge < -0.3 is 10.1 Å². The van der Waals surface area contributed by atoms with Crippen molar-refractivity contribution in [1.82, 2.24) is 0 Å². The Morgan fingerprint density at radius 2 is 1.70 bits per heavy atom. The minimum absolute atomic E-state index is 0.668. The minimum Gasteiger partial charge on any atom is -0.492 e. The summed E-state index contributed by atoms with van der Waals surface area (Å²) in [5.41, 5.74) is 2.57. The molecular weight excluding hydrogens is 246 g/mol. The highest BCUT2D eigenvalue weighted by Gasteiger charge is 1.95. The first-order valence-corrected chi connectivity index (χ1v) is 7.39. The van der Waals surface area contributed by atoms with Gasteiger partial charge in [-0.05, 0) is 42.7 Å². The van der Waals surface area contributed by atoms with Crippen LogP contribution in [0.3, 0.4) is 0 Å². The molecule has 2 rings (SSSR count). The van der Waals surface area contributed by atoms with E-state index < -0.39 is 0 Å². The molecule has 0 heterocycles. The van der Waals surface area contributed by atoms with Gasteiger partial charge >= 0.3 is 0 Å². The summed E-state index contributed by atoms with van der Waals surface area (Å²) in [7, 11) is 0. The number of hydrogen-bond donors (Lipinski definition) is 1. The Kier molecular flexibility index (Phi) is 5.97. The van der Waals surface area contributed by atoms with Crippen LogP contribution in [0.15, 0.2) is 54.6 Å². The van der Waals surface area contributed by atoms with E-state index in [-0.39, 0.29) is 0 Å². The Morgan fingerprint density at radius 1 is 0.950 bits per heavy atom. The molecule has 0 amide bonds. The third kappa shape index (κ3) is 4.96. The molecule has 0 spiro atoms. The van der Waals surface area contributed by atoms with Gasteiger partial charge in [-0.2, -0.15) is 0 Å². The van der Waals surface area contributed by atoms with E-state index in [9.17, 15) is 0 Å². The number of ether oxygens (including phenoxy) is 1. The number of aryl methyl sites for hydroxylation is 1. The second-order valence-electron chi connectivity index (χ2n) is 4.89. The number of hydrogen-bond acceptors (Lipinski definition) is 2. The fourth-order valence-corrected chi connectivity index (χ4v) is 2.05. The first kappa shape index (κ1) is 14.4. The van der Waals surface area contributed by atoms with Crippen molar-refractivity contribution in [3.05, 3.63) is 60.2 Å². The van der Waals surface area contributed by atoms with E-state index in [4.69, 9.17) is 4.74 Å². The molecule has 2 heteroatoms. The Balaban J connectivity index is 1.69. The number of para-hydroxylation sites is 1. The fraction of sp³-hybridized carbons (Fsp3) is 0.333. The second kappa shape index (κ2) is 8.26. The Labute approximate surface area is 121 Å². The lowest BCUT2D eigenvalue weighted by atomic mass is 10.1. The van der Waals surface area contributed by atoms with Gasteiger partial charge in [-0.15, -0.1) is 0 Å². The third-order valence-electron chi connectivity index (χ3n) is 3.22. The van der Waals surface area contributed by atoms with Crippen LogP contribution >= 0.6 is 0 Å². The summed E-state index contributed by atoms with van der Waals surface area (Å²) in [4.78, 5) is 0. The van der Waals surface area contributed by atoms with Crippen LogP contribution in [0, 0.1) is 0 Å². The van der Waals surface area contributed by atoms with E-state index in [1.54, 1.807) is 0 Å². The lowest BCUT2D eigenvalue weighted by molar-refractivity contribution is 0.333. The van der Waals surface area contributed by atoms with Crippen molar-refractivity contribution in [3.63, 3.8) is 0 Å². The van der Waals surface area contributed by atoms with Crippen molar-refractivity contribution in [2.75, 3.05) is 18.5 Å². The first-order chi connectivity index (χ1) is 9.88. The predicted molar refractivity (Wildman–Crippen MR) is 85.5 cm³/mol. The standard InChI is InChI=1S/C18H23NO/c1-2-3-7-16-10-12-17(13-11-16)19-14-15-20-18-8-5-4-6-9-18/h4-6,8-13,19H,2-3,7,14-15H2,1H3.